The van der Waals surface area contributed by atoms with Crippen molar-refractivity contribution in [1.29, 1.82) is 0 Å². The van der Waals surface area contributed by atoms with E-state index in [-0.39, 0.29) is 36.9 Å². The molecule has 58 valence electrons. The molecule has 0 radical (unpaired) electrons. The van der Waals surface area contributed by atoms with Gasteiger partial charge in [0.15, 0.2) is 0 Å². The van der Waals surface area contributed by atoms with Gasteiger partial charge in [0.1, 0.15) is 0 Å². The Morgan fingerprint density at radius 1 is 1.60 bits per heavy atom. The van der Waals surface area contributed by atoms with Crippen molar-refractivity contribution in [1.82, 2.24) is 0 Å². The van der Waals surface area contributed by atoms with Gasteiger partial charge in [-0.3, -0.25) is 4.57 Å². The van der Waals surface area contributed by atoms with Crippen LogP contribution < -0.4 is 29.6 Å². The zero-order valence-corrected chi connectivity index (χ0v) is 9.22. The fourth-order valence-electron chi connectivity index (χ4n) is 0.323. The van der Waals surface area contributed by atoms with E-state index in [1.807, 2.05) is 0 Å². The Kier molecular flexibility index (Phi) is 8.34. The molecule has 0 heterocycles. The maximum Gasteiger partial charge on any atom is 1.00 e. The zero-order chi connectivity index (χ0) is 7.49. The van der Waals surface area contributed by atoms with E-state index in [1.165, 1.54) is 0 Å². The van der Waals surface area contributed by atoms with Gasteiger partial charge < -0.3 is 16.3 Å². The largest absolute Gasteiger partial charge is 1.00 e. The normalized spacial score (nSPS) is 14.0. The van der Waals surface area contributed by atoms with E-state index >= 15 is 0 Å². The van der Waals surface area contributed by atoms with Crippen molar-refractivity contribution in [3.63, 3.8) is 0 Å². The molecule has 1 unspecified atom stereocenters. The van der Waals surface area contributed by atoms with Crippen LogP contribution in [0, 0.1) is 0 Å². The third kappa shape index (κ3) is 9.40. The second-order valence-electron chi connectivity index (χ2n) is 1.66. The molecule has 0 rings (SSSR count). The van der Waals surface area contributed by atoms with Crippen LogP contribution >= 0.6 is 19.2 Å². The Bertz CT molecular complexity index is 131. The minimum absolute atomic E-state index is 0. The number of aliphatic hydroxyl groups excluding tert-OH is 1. The Hall–Kier alpha value is 1.40. The van der Waals surface area contributed by atoms with Crippen LogP contribution in [-0.4, -0.2) is 33.0 Å². The van der Waals surface area contributed by atoms with Gasteiger partial charge in [-0.2, -0.15) is 0 Å². The zero-order valence-electron chi connectivity index (χ0n) is 6.57. The number of alkyl halides is 1. The number of hydrogen-bond acceptors (Lipinski definition) is 2. The van der Waals surface area contributed by atoms with E-state index in [9.17, 15) is 4.57 Å². The summed E-state index contributed by atoms with van der Waals surface area (Å²) in [7, 11) is -4.07. The van der Waals surface area contributed by atoms with Gasteiger partial charge in [-0.25, -0.2) is 0 Å². The molecule has 0 aromatic carbocycles. The summed E-state index contributed by atoms with van der Waals surface area (Å²) in [5.41, 5.74) is 0. The first-order chi connectivity index (χ1) is 3.95. The van der Waals surface area contributed by atoms with Gasteiger partial charge >= 0.3 is 37.2 Å². The van der Waals surface area contributed by atoms with Gasteiger partial charge in [0.2, 0.25) is 0 Å². The summed E-state index contributed by atoms with van der Waals surface area (Å²) in [6.07, 6.45) is -1.66. The minimum atomic E-state index is -4.07. The second-order valence-corrected chi connectivity index (χ2v) is 3.66. The SMILES string of the molecule is O=P(O)(O)CC(O)CCl.[H-].[Na+]. The van der Waals surface area contributed by atoms with Crippen molar-refractivity contribution in [2.24, 2.45) is 0 Å². The van der Waals surface area contributed by atoms with E-state index in [4.69, 9.17) is 26.5 Å². The molecule has 0 amide bonds. The molecule has 0 spiro atoms. The average Bonchev–Trinajstić information content (AvgIpc) is 1.62. The van der Waals surface area contributed by atoms with Crippen LogP contribution in [0.2, 0.25) is 0 Å². The smallest absolute Gasteiger partial charge is 1.00 e. The quantitative estimate of drug-likeness (QED) is 0.255. The molecule has 3 N–H and O–H groups in total. The Morgan fingerprint density at radius 2 is 2.00 bits per heavy atom. The van der Waals surface area contributed by atoms with Gasteiger partial charge in [-0.15, -0.1) is 11.6 Å². The van der Waals surface area contributed by atoms with Crippen LogP contribution in [0.15, 0.2) is 0 Å². The summed E-state index contributed by atoms with van der Waals surface area (Å²) < 4.78 is 10.1. The Morgan fingerprint density at radius 3 is 2.10 bits per heavy atom. The molecule has 7 heteroatoms. The van der Waals surface area contributed by atoms with Crippen LogP contribution in [0.3, 0.4) is 0 Å². The van der Waals surface area contributed by atoms with Gasteiger partial charge in [0, 0.05) is 5.88 Å². The monoisotopic (exact) mass is 198 g/mol. The number of halogens is 1. The molecule has 0 aliphatic carbocycles. The molecule has 0 saturated heterocycles. The summed E-state index contributed by atoms with van der Waals surface area (Å²) in [6, 6.07) is 0. The van der Waals surface area contributed by atoms with Crippen LogP contribution in [0.1, 0.15) is 1.43 Å². The average molecular weight is 199 g/mol. The predicted octanol–water partition coefficient (Wildman–Crippen LogP) is -3.12. The summed E-state index contributed by atoms with van der Waals surface area (Å²) in [5.74, 6) is -0.148. The molecule has 4 nitrogen and oxygen atoms in total. The summed E-state index contributed by atoms with van der Waals surface area (Å²) >= 11 is 5.06. The van der Waals surface area contributed by atoms with Crippen LogP contribution in [0.5, 0.6) is 0 Å². The molecule has 0 saturated carbocycles. The first kappa shape index (κ1) is 14.0. The number of aliphatic hydroxyl groups is 1. The standard InChI is InChI=1S/C3H8ClO4P.Na.H/c4-1-3(5)2-9(6,7)8;;/h3,5H,1-2H2,(H2,6,7,8);;/q;+1;-1. The molecular formula is C3H9ClNaO4P. The minimum Gasteiger partial charge on any atom is -1.00 e. The number of rotatable bonds is 3. The molecule has 10 heavy (non-hydrogen) atoms. The molecule has 0 aromatic heterocycles. The molecular weight excluding hydrogens is 189 g/mol. The molecule has 0 aliphatic heterocycles. The third-order valence-electron chi connectivity index (χ3n) is 0.627. The molecule has 0 bridgehead atoms. The first-order valence-corrected chi connectivity index (χ1v) is 4.57. The fraction of sp³-hybridized carbons (Fsp3) is 1.00. The maximum absolute atomic E-state index is 10.1. The summed E-state index contributed by atoms with van der Waals surface area (Å²) in [4.78, 5) is 16.4. The van der Waals surface area contributed by atoms with Crippen LogP contribution in [0.25, 0.3) is 0 Å². The topological polar surface area (TPSA) is 77.8 Å². The van der Waals surface area contributed by atoms with Crippen molar-refractivity contribution in [2.75, 3.05) is 12.0 Å². The van der Waals surface area contributed by atoms with E-state index < -0.39 is 19.9 Å². The fourth-order valence-corrected chi connectivity index (χ4v) is 1.26. The molecule has 1 atom stereocenters. The van der Waals surface area contributed by atoms with Gasteiger partial charge in [-0.05, 0) is 0 Å². The van der Waals surface area contributed by atoms with Crippen molar-refractivity contribution >= 4 is 19.2 Å². The maximum atomic E-state index is 10.1. The first-order valence-electron chi connectivity index (χ1n) is 2.24. The van der Waals surface area contributed by atoms with E-state index in [0.29, 0.717) is 0 Å². The van der Waals surface area contributed by atoms with E-state index in [1.54, 1.807) is 0 Å². The van der Waals surface area contributed by atoms with Gasteiger partial charge in [-0.1, -0.05) is 0 Å². The van der Waals surface area contributed by atoms with E-state index in [2.05, 4.69) is 0 Å². The van der Waals surface area contributed by atoms with Crippen molar-refractivity contribution in [3.05, 3.63) is 0 Å². The summed E-state index contributed by atoms with van der Waals surface area (Å²) in [5, 5.41) is 8.57. The van der Waals surface area contributed by atoms with Crippen LogP contribution in [-0.2, 0) is 4.57 Å². The second kappa shape index (κ2) is 5.98. The molecule has 0 aliphatic rings. The van der Waals surface area contributed by atoms with E-state index in [0.717, 1.165) is 0 Å². The van der Waals surface area contributed by atoms with Gasteiger partial charge in [0.05, 0.1) is 12.3 Å². The third-order valence-corrected chi connectivity index (χ3v) is 1.88. The van der Waals surface area contributed by atoms with Crippen LogP contribution in [0.4, 0.5) is 0 Å². The Labute approximate surface area is 87.5 Å². The number of hydrogen-bond donors (Lipinski definition) is 3. The predicted molar refractivity (Wildman–Crippen MR) is 34.7 cm³/mol. The molecule has 0 fully saturated rings. The molecule has 0 aromatic rings. The van der Waals surface area contributed by atoms with Gasteiger partial charge in [0.25, 0.3) is 0 Å². The Balaban J connectivity index is -0.000000320. The summed E-state index contributed by atoms with van der Waals surface area (Å²) in [6.45, 7) is 0. The van der Waals surface area contributed by atoms with Crippen molar-refractivity contribution in [3.8, 4) is 0 Å². The van der Waals surface area contributed by atoms with Crippen molar-refractivity contribution < 1.29 is 50.4 Å². The van der Waals surface area contributed by atoms with Crippen molar-refractivity contribution in [2.45, 2.75) is 6.10 Å².